The zero-order valence-corrected chi connectivity index (χ0v) is 12.5. The standard InChI is InChI=1S/C16H13ClN2S/c1-11-2-8-14(9-3-11)20-15-10-18-19-16(15)12-4-6-13(17)7-5-12/h2-10H,1H3,(H,18,19). The maximum atomic E-state index is 5.93. The van der Waals surface area contributed by atoms with Crippen LogP contribution < -0.4 is 0 Å². The number of hydrogen-bond acceptors (Lipinski definition) is 2. The summed E-state index contributed by atoms with van der Waals surface area (Å²) in [5, 5.41) is 7.95. The molecule has 0 spiro atoms. The fourth-order valence-electron chi connectivity index (χ4n) is 1.91. The fraction of sp³-hybridized carbons (Fsp3) is 0.0625. The van der Waals surface area contributed by atoms with Crippen LogP contribution in [0.5, 0.6) is 0 Å². The van der Waals surface area contributed by atoms with E-state index in [9.17, 15) is 0 Å². The molecule has 0 bridgehead atoms. The Morgan fingerprint density at radius 2 is 1.70 bits per heavy atom. The molecule has 0 aliphatic rings. The lowest BCUT2D eigenvalue weighted by molar-refractivity contribution is 1.10. The lowest BCUT2D eigenvalue weighted by atomic mass is 10.2. The van der Waals surface area contributed by atoms with E-state index in [1.165, 1.54) is 10.5 Å². The molecule has 3 rings (SSSR count). The van der Waals surface area contributed by atoms with E-state index in [0.717, 1.165) is 21.2 Å². The van der Waals surface area contributed by atoms with Crippen LogP contribution in [0, 0.1) is 6.92 Å². The van der Waals surface area contributed by atoms with E-state index in [-0.39, 0.29) is 0 Å². The molecule has 4 heteroatoms. The summed E-state index contributed by atoms with van der Waals surface area (Å²) in [4.78, 5) is 2.31. The van der Waals surface area contributed by atoms with Gasteiger partial charge in [0, 0.05) is 15.5 Å². The summed E-state index contributed by atoms with van der Waals surface area (Å²) in [6.45, 7) is 2.09. The topological polar surface area (TPSA) is 28.7 Å². The summed E-state index contributed by atoms with van der Waals surface area (Å²) in [7, 11) is 0. The number of hydrogen-bond donors (Lipinski definition) is 1. The van der Waals surface area contributed by atoms with Crippen LogP contribution in [-0.2, 0) is 0 Å². The normalized spacial score (nSPS) is 10.7. The molecule has 0 aliphatic heterocycles. The number of aromatic amines is 1. The van der Waals surface area contributed by atoms with E-state index in [1.54, 1.807) is 11.8 Å². The summed E-state index contributed by atoms with van der Waals surface area (Å²) < 4.78 is 0. The molecule has 0 saturated heterocycles. The molecule has 0 saturated carbocycles. The van der Waals surface area contributed by atoms with Crippen molar-refractivity contribution in [1.29, 1.82) is 0 Å². The first-order valence-electron chi connectivity index (χ1n) is 6.26. The predicted molar refractivity (Wildman–Crippen MR) is 84.3 cm³/mol. The van der Waals surface area contributed by atoms with E-state index in [4.69, 9.17) is 11.6 Å². The maximum absolute atomic E-state index is 5.93. The van der Waals surface area contributed by atoms with E-state index in [2.05, 4.69) is 41.4 Å². The van der Waals surface area contributed by atoms with Gasteiger partial charge in [0.15, 0.2) is 0 Å². The molecular weight excluding hydrogens is 288 g/mol. The number of H-pyrrole nitrogens is 1. The summed E-state index contributed by atoms with van der Waals surface area (Å²) in [5.41, 5.74) is 3.37. The first-order chi connectivity index (χ1) is 9.72. The second kappa shape index (κ2) is 5.73. The lowest BCUT2D eigenvalue weighted by Gasteiger charge is -2.04. The van der Waals surface area contributed by atoms with Gasteiger partial charge in [0.25, 0.3) is 0 Å². The molecule has 2 aromatic carbocycles. The third kappa shape index (κ3) is 2.89. The minimum atomic E-state index is 0.737. The van der Waals surface area contributed by atoms with Crippen LogP contribution in [0.3, 0.4) is 0 Å². The second-order valence-corrected chi connectivity index (χ2v) is 6.08. The molecule has 0 fully saturated rings. The largest absolute Gasteiger partial charge is 0.277 e. The van der Waals surface area contributed by atoms with Gasteiger partial charge in [-0.25, -0.2) is 0 Å². The molecule has 100 valence electrons. The van der Waals surface area contributed by atoms with Gasteiger partial charge >= 0.3 is 0 Å². The predicted octanol–water partition coefficient (Wildman–Crippen LogP) is 5.19. The van der Waals surface area contributed by atoms with Crippen LogP contribution in [-0.4, -0.2) is 10.2 Å². The SMILES string of the molecule is Cc1ccc(Sc2cn[nH]c2-c2ccc(Cl)cc2)cc1. The monoisotopic (exact) mass is 300 g/mol. The highest BCUT2D eigenvalue weighted by molar-refractivity contribution is 7.99. The van der Waals surface area contributed by atoms with Crippen molar-refractivity contribution in [2.45, 2.75) is 16.7 Å². The minimum absolute atomic E-state index is 0.737. The van der Waals surface area contributed by atoms with Gasteiger partial charge in [0.2, 0.25) is 0 Å². The third-order valence-electron chi connectivity index (χ3n) is 2.99. The molecule has 0 unspecified atom stereocenters. The van der Waals surface area contributed by atoms with Gasteiger partial charge in [-0.3, -0.25) is 5.10 Å². The Hall–Kier alpha value is -1.71. The number of benzene rings is 2. The molecule has 20 heavy (non-hydrogen) atoms. The number of nitrogens with zero attached hydrogens (tertiary/aromatic N) is 1. The Bertz CT molecular complexity index is 702. The van der Waals surface area contributed by atoms with Crippen molar-refractivity contribution in [2.24, 2.45) is 0 Å². The van der Waals surface area contributed by atoms with Gasteiger partial charge in [0.05, 0.1) is 16.8 Å². The summed E-state index contributed by atoms with van der Waals surface area (Å²) in [6, 6.07) is 16.2. The van der Waals surface area contributed by atoms with Gasteiger partial charge in [-0.2, -0.15) is 5.10 Å². The van der Waals surface area contributed by atoms with Crippen LogP contribution in [0.25, 0.3) is 11.3 Å². The van der Waals surface area contributed by atoms with Gasteiger partial charge < -0.3 is 0 Å². The van der Waals surface area contributed by atoms with Crippen molar-refractivity contribution in [2.75, 3.05) is 0 Å². The summed E-state index contributed by atoms with van der Waals surface area (Å²) in [5.74, 6) is 0. The number of rotatable bonds is 3. The minimum Gasteiger partial charge on any atom is -0.277 e. The summed E-state index contributed by atoms with van der Waals surface area (Å²) in [6.07, 6.45) is 1.86. The van der Waals surface area contributed by atoms with Gasteiger partial charge in [-0.15, -0.1) is 0 Å². The molecule has 2 nitrogen and oxygen atoms in total. The van der Waals surface area contributed by atoms with Crippen LogP contribution in [0.4, 0.5) is 0 Å². The molecule has 1 aromatic heterocycles. The zero-order chi connectivity index (χ0) is 13.9. The Morgan fingerprint density at radius 3 is 2.40 bits per heavy atom. The highest BCUT2D eigenvalue weighted by atomic mass is 35.5. The van der Waals surface area contributed by atoms with E-state index in [0.29, 0.717) is 0 Å². The average molecular weight is 301 g/mol. The zero-order valence-electron chi connectivity index (χ0n) is 10.9. The van der Waals surface area contributed by atoms with Crippen molar-refractivity contribution in [3.63, 3.8) is 0 Å². The highest BCUT2D eigenvalue weighted by Crippen LogP contribution is 2.34. The number of aryl methyl sites for hydroxylation is 1. The highest BCUT2D eigenvalue weighted by Gasteiger charge is 2.09. The van der Waals surface area contributed by atoms with Crippen molar-refractivity contribution in [3.05, 3.63) is 65.3 Å². The Labute approximate surface area is 127 Å². The second-order valence-electron chi connectivity index (χ2n) is 4.53. The molecular formula is C16H13ClN2S. The molecule has 3 aromatic rings. The molecule has 0 aliphatic carbocycles. The van der Waals surface area contributed by atoms with Crippen LogP contribution in [0.1, 0.15) is 5.56 Å². The van der Waals surface area contributed by atoms with Crippen molar-refractivity contribution >= 4 is 23.4 Å². The van der Waals surface area contributed by atoms with Crippen molar-refractivity contribution in [3.8, 4) is 11.3 Å². The molecule has 1 N–H and O–H groups in total. The molecule has 0 atom stereocenters. The van der Waals surface area contributed by atoms with Gasteiger partial charge in [-0.05, 0) is 31.2 Å². The van der Waals surface area contributed by atoms with E-state index < -0.39 is 0 Å². The first kappa shape index (κ1) is 13.3. The lowest BCUT2D eigenvalue weighted by Crippen LogP contribution is -1.81. The van der Waals surface area contributed by atoms with Crippen molar-refractivity contribution in [1.82, 2.24) is 10.2 Å². The molecule has 0 radical (unpaired) electrons. The van der Waals surface area contributed by atoms with Crippen molar-refractivity contribution < 1.29 is 0 Å². The summed E-state index contributed by atoms with van der Waals surface area (Å²) >= 11 is 7.63. The fourth-order valence-corrected chi connectivity index (χ4v) is 2.93. The smallest absolute Gasteiger partial charge is 0.0789 e. The van der Waals surface area contributed by atoms with E-state index in [1.807, 2.05) is 30.5 Å². The van der Waals surface area contributed by atoms with Gasteiger partial charge in [-0.1, -0.05) is 53.2 Å². The Morgan fingerprint density at radius 1 is 1.00 bits per heavy atom. The van der Waals surface area contributed by atoms with Gasteiger partial charge in [0.1, 0.15) is 0 Å². The third-order valence-corrected chi connectivity index (χ3v) is 4.28. The Kier molecular flexibility index (Phi) is 3.81. The molecule has 1 heterocycles. The Balaban J connectivity index is 1.90. The molecule has 0 amide bonds. The number of nitrogens with one attached hydrogen (secondary N) is 1. The maximum Gasteiger partial charge on any atom is 0.0789 e. The van der Waals surface area contributed by atoms with E-state index >= 15 is 0 Å². The number of halogens is 1. The van der Waals surface area contributed by atoms with Crippen LogP contribution >= 0.6 is 23.4 Å². The first-order valence-corrected chi connectivity index (χ1v) is 7.45. The van der Waals surface area contributed by atoms with Crippen LogP contribution in [0.15, 0.2) is 64.5 Å². The van der Waals surface area contributed by atoms with Crippen LogP contribution in [0.2, 0.25) is 5.02 Å². The average Bonchev–Trinajstić information content (AvgIpc) is 2.90. The number of aromatic nitrogens is 2. The quantitative estimate of drug-likeness (QED) is 0.721.